The standard InChI is InChI=1S/C15H16O3S/c1-9-7-11-8-10(3-4-12(11)18-9)14(16)15-13(17-2)5-6-19-15/h3-6,8-9,14,16H,7H2,1-2H3. The molecule has 4 heteroatoms. The Morgan fingerprint density at radius 2 is 2.26 bits per heavy atom. The molecule has 1 aliphatic rings. The molecule has 2 unspecified atom stereocenters. The van der Waals surface area contributed by atoms with E-state index in [1.54, 1.807) is 7.11 Å². The van der Waals surface area contributed by atoms with Crippen molar-refractivity contribution in [1.29, 1.82) is 0 Å². The molecule has 0 amide bonds. The van der Waals surface area contributed by atoms with Gasteiger partial charge in [-0.3, -0.25) is 0 Å². The van der Waals surface area contributed by atoms with Crippen LogP contribution in [0, 0.1) is 0 Å². The molecule has 0 aliphatic carbocycles. The van der Waals surface area contributed by atoms with Gasteiger partial charge in [-0.2, -0.15) is 0 Å². The quantitative estimate of drug-likeness (QED) is 0.936. The van der Waals surface area contributed by atoms with Crippen LogP contribution in [0.3, 0.4) is 0 Å². The Hall–Kier alpha value is -1.52. The zero-order valence-corrected chi connectivity index (χ0v) is 11.7. The number of hydrogen-bond acceptors (Lipinski definition) is 4. The number of fused-ring (bicyclic) bond motifs is 1. The summed E-state index contributed by atoms with van der Waals surface area (Å²) in [5.74, 6) is 1.67. The second kappa shape index (κ2) is 4.87. The topological polar surface area (TPSA) is 38.7 Å². The van der Waals surface area contributed by atoms with Gasteiger partial charge in [0.2, 0.25) is 0 Å². The first-order valence-corrected chi connectivity index (χ1v) is 7.16. The fourth-order valence-electron chi connectivity index (χ4n) is 2.44. The van der Waals surface area contributed by atoms with Gasteiger partial charge in [-0.05, 0) is 41.6 Å². The van der Waals surface area contributed by atoms with Crippen molar-refractivity contribution in [2.24, 2.45) is 0 Å². The number of hydrogen-bond donors (Lipinski definition) is 1. The van der Waals surface area contributed by atoms with Gasteiger partial charge in [0, 0.05) is 6.42 Å². The summed E-state index contributed by atoms with van der Waals surface area (Å²) in [6.45, 7) is 2.05. The molecule has 0 spiro atoms. The number of aliphatic hydroxyl groups excluding tert-OH is 1. The van der Waals surface area contributed by atoms with Crippen molar-refractivity contribution in [3.05, 3.63) is 45.6 Å². The molecule has 0 fully saturated rings. The predicted molar refractivity (Wildman–Crippen MR) is 75.2 cm³/mol. The Labute approximate surface area is 116 Å². The maximum absolute atomic E-state index is 10.5. The molecule has 1 aromatic carbocycles. The molecule has 3 nitrogen and oxygen atoms in total. The van der Waals surface area contributed by atoms with E-state index >= 15 is 0 Å². The summed E-state index contributed by atoms with van der Waals surface area (Å²) < 4.78 is 10.9. The Balaban J connectivity index is 1.93. The Kier molecular flexibility index (Phi) is 3.21. The van der Waals surface area contributed by atoms with Crippen molar-refractivity contribution < 1.29 is 14.6 Å². The smallest absolute Gasteiger partial charge is 0.135 e. The lowest BCUT2D eigenvalue weighted by atomic mass is 10.0. The average molecular weight is 276 g/mol. The molecule has 2 aromatic rings. The molecular weight excluding hydrogens is 260 g/mol. The molecule has 0 bridgehead atoms. The van der Waals surface area contributed by atoms with Gasteiger partial charge < -0.3 is 14.6 Å². The third kappa shape index (κ3) is 2.22. The minimum atomic E-state index is -0.642. The van der Waals surface area contributed by atoms with E-state index in [2.05, 4.69) is 6.92 Å². The third-order valence-electron chi connectivity index (χ3n) is 3.36. The fourth-order valence-corrected chi connectivity index (χ4v) is 3.31. The minimum absolute atomic E-state index is 0.221. The molecule has 0 radical (unpaired) electrons. The number of aliphatic hydroxyl groups is 1. The lowest BCUT2D eigenvalue weighted by molar-refractivity contribution is 0.219. The van der Waals surface area contributed by atoms with Crippen molar-refractivity contribution in [3.63, 3.8) is 0 Å². The van der Waals surface area contributed by atoms with Crippen LogP contribution in [0.2, 0.25) is 0 Å². The van der Waals surface area contributed by atoms with Gasteiger partial charge in [-0.1, -0.05) is 6.07 Å². The zero-order chi connectivity index (χ0) is 13.4. The minimum Gasteiger partial charge on any atom is -0.495 e. The van der Waals surface area contributed by atoms with Crippen LogP contribution in [0.1, 0.15) is 29.0 Å². The first kappa shape index (κ1) is 12.5. The number of rotatable bonds is 3. The number of ether oxygens (including phenoxy) is 2. The molecule has 1 aliphatic heterocycles. The highest BCUT2D eigenvalue weighted by molar-refractivity contribution is 7.10. The summed E-state index contributed by atoms with van der Waals surface area (Å²) in [7, 11) is 1.62. The van der Waals surface area contributed by atoms with E-state index in [-0.39, 0.29) is 6.10 Å². The molecule has 3 rings (SSSR count). The van der Waals surface area contributed by atoms with Crippen LogP contribution in [0.4, 0.5) is 0 Å². The molecular formula is C15H16O3S. The van der Waals surface area contributed by atoms with E-state index in [0.29, 0.717) is 0 Å². The maximum atomic E-state index is 10.5. The van der Waals surface area contributed by atoms with Crippen LogP contribution in [0.15, 0.2) is 29.6 Å². The third-order valence-corrected chi connectivity index (χ3v) is 4.31. The summed E-state index contributed by atoms with van der Waals surface area (Å²) in [6, 6.07) is 7.77. The molecule has 2 atom stereocenters. The maximum Gasteiger partial charge on any atom is 0.135 e. The van der Waals surface area contributed by atoms with E-state index in [0.717, 1.165) is 28.4 Å². The van der Waals surface area contributed by atoms with Crippen LogP contribution < -0.4 is 9.47 Å². The molecule has 1 N–H and O–H groups in total. The van der Waals surface area contributed by atoms with Gasteiger partial charge in [0.15, 0.2) is 0 Å². The second-order valence-corrected chi connectivity index (χ2v) is 5.70. The number of thiophene rings is 1. The largest absolute Gasteiger partial charge is 0.495 e. The van der Waals surface area contributed by atoms with Gasteiger partial charge in [0.05, 0.1) is 12.0 Å². The fraction of sp³-hybridized carbons (Fsp3) is 0.333. The van der Waals surface area contributed by atoms with Crippen LogP contribution in [-0.4, -0.2) is 18.3 Å². The lowest BCUT2D eigenvalue weighted by Crippen LogP contribution is -2.05. The summed E-state index contributed by atoms with van der Waals surface area (Å²) in [5, 5.41) is 12.4. The molecule has 0 saturated carbocycles. The highest BCUT2D eigenvalue weighted by Crippen LogP contribution is 2.37. The van der Waals surface area contributed by atoms with E-state index < -0.39 is 6.10 Å². The van der Waals surface area contributed by atoms with Crippen molar-refractivity contribution in [2.75, 3.05) is 7.11 Å². The van der Waals surface area contributed by atoms with Gasteiger partial charge in [0.1, 0.15) is 23.7 Å². The van der Waals surface area contributed by atoms with E-state index in [9.17, 15) is 5.11 Å². The Bertz CT molecular complexity index is 591. The first-order chi connectivity index (χ1) is 9.19. The number of methoxy groups -OCH3 is 1. The summed E-state index contributed by atoms with van der Waals surface area (Å²) in [4.78, 5) is 0.842. The highest BCUT2D eigenvalue weighted by Gasteiger charge is 2.22. The SMILES string of the molecule is COc1ccsc1C(O)c1ccc2c(c1)CC(C)O2. The Morgan fingerprint density at radius 1 is 1.42 bits per heavy atom. The van der Waals surface area contributed by atoms with Crippen LogP contribution in [0.5, 0.6) is 11.5 Å². The summed E-state index contributed by atoms with van der Waals surface area (Å²) >= 11 is 1.50. The van der Waals surface area contributed by atoms with Crippen molar-refractivity contribution in [1.82, 2.24) is 0 Å². The van der Waals surface area contributed by atoms with Crippen molar-refractivity contribution >= 4 is 11.3 Å². The zero-order valence-electron chi connectivity index (χ0n) is 10.9. The first-order valence-electron chi connectivity index (χ1n) is 6.28. The number of benzene rings is 1. The monoisotopic (exact) mass is 276 g/mol. The van der Waals surface area contributed by atoms with Crippen LogP contribution in [0.25, 0.3) is 0 Å². The van der Waals surface area contributed by atoms with Gasteiger partial charge in [-0.25, -0.2) is 0 Å². The van der Waals surface area contributed by atoms with E-state index in [1.807, 2.05) is 29.6 Å². The van der Waals surface area contributed by atoms with E-state index in [1.165, 1.54) is 16.9 Å². The van der Waals surface area contributed by atoms with Gasteiger partial charge >= 0.3 is 0 Å². The molecule has 19 heavy (non-hydrogen) atoms. The van der Waals surface area contributed by atoms with Gasteiger partial charge in [0.25, 0.3) is 0 Å². The van der Waals surface area contributed by atoms with Crippen molar-refractivity contribution in [2.45, 2.75) is 25.6 Å². The summed E-state index contributed by atoms with van der Waals surface area (Å²) in [6.07, 6.45) is 0.479. The normalized spacial score (nSPS) is 18.8. The predicted octanol–water partition coefficient (Wildman–Crippen LogP) is 3.16. The van der Waals surface area contributed by atoms with E-state index in [4.69, 9.17) is 9.47 Å². The lowest BCUT2D eigenvalue weighted by Gasteiger charge is -2.12. The molecule has 100 valence electrons. The molecule has 0 saturated heterocycles. The highest BCUT2D eigenvalue weighted by atomic mass is 32.1. The molecule has 1 aromatic heterocycles. The average Bonchev–Trinajstić information content (AvgIpc) is 3.01. The second-order valence-electron chi connectivity index (χ2n) is 4.76. The van der Waals surface area contributed by atoms with Crippen molar-refractivity contribution in [3.8, 4) is 11.5 Å². The Morgan fingerprint density at radius 3 is 3.05 bits per heavy atom. The summed E-state index contributed by atoms with van der Waals surface area (Å²) in [5.41, 5.74) is 2.05. The molecule has 2 heterocycles. The van der Waals surface area contributed by atoms with Crippen LogP contribution >= 0.6 is 11.3 Å². The van der Waals surface area contributed by atoms with Gasteiger partial charge in [-0.15, -0.1) is 11.3 Å². The van der Waals surface area contributed by atoms with Crippen LogP contribution in [-0.2, 0) is 6.42 Å².